The van der Waals surface area contributed by atoms with Crippen molar-refractivity contribution in [2.24, 2.45) is 0 Å². The van der Waals surface area contributed by atoms with Crippen molar-refractivity contribution in [1.82, 2.24) is 9.55 Å². The number of carboxylic acid groups (broad SMARTS) is 1. The van der Waals surface area contributed by atoms with Crippen LogP contribution in [-0.4, -0.2) is 27.7 Å². The second-order valence-electron chi connectivity index (χ2n) is 2.56. The number of aromatic carboxylic acids is 1. The van der Waals surface area contributed by atoms with E-state index in [1.807, 2.05) is 6.92 Å². The van der Waals surface area contributed by atoms with Gasteiger partial charge in [0.25, 0.3) is 0 Å². The van der Waals surface area contributed by atoms with E-state index in [2.05, 4.69) is 4.98 Å². The van der Waals surface area contributed by atoms with Crippen molar-refractivity contribution in [3.05, 3.63) is 17.7 Å². The minimum Gasteiger partial charge on any atom is -0.475 e. The number of rotatable bonds is 4. The van der Waals surface area contributed by atoms with Crippen LogP contribution >= 0.6 is 0 Å². The predicted octanol–water partition coefficient (Wildman–Crippen LogP) is 0.748. The first kappa shape index (κ1) is 9.73. The molecule has 0 atom stereocenters. The first-order valence-electron chi connectivity index (χ1n) is 3.97. The maximum atomic E-state index is 10.7. The van der Waals surface area contributed by atoms with Gasteiger partial charge in [0.2, 0.25) is 5.82 Å². The van der Waals surface area contributed by atoms with Gasteiger partial charge < -0.3 is 14.4 Å². The van der Waals surface area contributed by atoms with Gasteiger partial charge in [0, 0.05) is 13.7 Å². The van der Waals surface area contributed by atoms with Crippen LogP contribution in [0.1, 0.15) is 23.2 Å². The summed E-state index contributed by atoms with van der Waals surface area (Å²) in [6.07, 6.45) is 1.52. The lowest BCUT2D eigenvalue weighted by Gasteiger charge is -2.05. The first-order valence-corrected chi connectivity index (χ1v) is 3.97. The summed E-state index contributed by atoms with van der Waals surface area (Å²) in [4.78, 5) is 14.5. The highest BCUT2D eigenvalue weighted by Gasteiger charge is 2.13. The summed E-state index contributed by atoms with van der Waals surface area (Å²) in [5, 5.41) is 8.75. The van der Waals surface area contributed by atoms with Crippen molar-refractivity contribution in [3.8, 4) is 0 Å². The Morgan fingerprint density at radius 1 is 1.77 bits per heavy atom. The molecule has 1 N–H and O–H groups in total. The highest BCUT2D eigenvalue weighted by molar-refractivity contribution is 5.83. The molecule has 5 heteroatoms. The van der Waals surface area contributed by atoms with Gasteiger partial charge in [0.15, 0.2) is 0 Å². The summed E-state index contributed by atoms with van der Waals surface area (Å²) in [6.45, 7) is 2.84. The lowest BCUT2D eigenvalue weighted by atomic mass is 10.4. The topological polar surface area (TPSA) is 64.4 Å². The molecule has 0 saturated heterocycles. The van der Waals surface area contributed by atoms with Gasteiger partial charge in [-0.3, -0.25) is 0 Å². The van der Waals surface area contributed by atoms with E-state index in [4.69, 9.17) is 9.84 Å². The van der Waals surface area contributed by atoms with Crippen molar-refractivity contribution in [2.75, 3.05) is 7.11 Å². The number of hydrogen-bond acceptors (Lipinski definition) is 3. The maximum absolute atomic E-state index is 10.7. The predicted molar refractivity (Wildman–Crippen MR) is 45.6 cm³/mol. The fourth-order valence-electron chi connectivity index (χ4n) is 1.20. The Morgan fingerprint density at radius 2 is 2.46 bits per heavy atom. The van der Waals surface area contributed by atoms with E-state index in [0.29, 0.717) is 13.2 Å². The van der Waals surface area contributed by atoms with E-state index in [1.165, 1.54) is 6.20 Å². The molecule has 13 heavy (non-hydrogen) atoms. The smallest absolute Gasteiger partial charge is 0.372 e. The zero-order valence-electron chi connectivity index (χ0n) is 7.65. The molecule has 0 unspecified atom stereocenters. The van der Waals surface area contributed by atoms with Crippen molar-refractivity contribution < 1.29 is 14.6 Å². The minimum absolute atomic E-state index is 0.0644. The number of nitrogens with zero attached hydrogens (tertiary/aromatic N) is 2. The molecule has 1 aromatic heterocycles. The average Bonchev–Trinajstić information content (AvgIpc) is 2.48. The van der Waals surface area contributed by atoms with Gasteiger partial charge in [-0.1, -0.05) is 0 Å². The molecule has 0 aliphatic carbocycles. The third-order valence-electron chi connectivity index (χ3n) is 1.74. The third-order valence-corrected chi connectivity index (χ3v) is 1.74. The van der Waals surface area contributed by atoms with E-state index < -0.39 is 5.97 Å². The van der Waals surface area contributed by atoms with E-state index in [-0.39, 0.29) is 5.82 Å². The molecule has 0 aliphatic rings. The monoisotopic (exact) mass is 184 g/mol. The van der Waals surface area contributed by atoms with E-state index in [1.54, 1.807) is 11.7 Å². The van der Waals surface area contributed by atoms with Gasteiger partial charge >= 0.3 is 5.97 Å². The Bertz CT molecular complexity index is 306. The number of aromatic nitrogens is 2. The molecule has 1 heterocycles. The molecule has 0 bridgehead atoms. The zero-order valence-corrected chi connectivity index (χ0v) is 7.65. The van der Waals surface area contributed by atoms with Crippen LogP contribution in [0.25, 0.3) is 0 Å². The molecule has 1 aromatic rings. The summed E-state index contributed by atoms with van der Waals surface area (Å²) >= 11 is 0. The van der Waals surface area contributed by atoms with Gasteiger partial charge in [0.1, 0.15) is 0 Å². The molecule has 1 rings (SSSR count). The second-order valence-corrected chi connectivity index (χ2v) is 2.56. The van der Waals surface area contributed by atoms with E-state index in [9.17, 15) is 4.79 Å². The van der Waals surface area contributed by atoms with Crippen molar-refractivity contribution in [2.45, 2.75) is 20.1 Å². The standard InChI is InChI=1S/C8H12N2O3/c1-3-10-6(5-13-2)4-9-7(10)8(11)12/h4H,3,5H2,1-2H3,(H,11,12). The SMILES string of the molecule is CCn1c(COC)cnc1C(=O)O. The van der Waals surface area contributed by atoms with Crippen LogP contribution in [0.2, 0.25) is 0 Å². The zero-order chi connectivity index (χ0) is 9.84. The van der Waals surface area contributed by atoms with Crippen LogP contribution in [-0.2, 0) is 17.9 Å². The molecule has 0 aromatic carbocycles. The van der Waals surface area contributed by atoms with Crippen molar-refractivity contribution >= 4 is 5.97 Å². The Labute approximate surface area is 76.0 Å². The molecule has 0 amide bonds. The van der Waals surface area contributed by atoms with Crippen LogP contribution in [0.3, 0.4) is 0 Å². The van der Waals surface area contributed by atoms with E-state index in [0.717, 1.165) is 5.69 Å². The quantitative estimate of drug-likeness (QED) is 0.749. The van der Waals surface area contributed by atoms with Crippen molar-refractivity contribution in [1.29, 1.82) is 0 Å². The van der Waals surface area contributed by atoms with Crippen LogP contribution < -0.4 is 0 Å². The van der Waals surface area contributed by atoms with Crippen LogP contribution in [0, 0.1) is 0 Å². The minimum atomic E-state index is -1.01. The molecule has 0 fully saturated rings. The normalized spacial score (nSPS) is 10.3. The lowest BCUT2D eigenvalue weighted by Crippen LogP contribution is -2.11. The molecule has 0 saturated carbocycles. The molecule has 5 nitrogen and oxygen atoms in total. The Balaban J connectivity index is 3.03. The largest absolute Gasteiger partial charge is 0.475 e. The lowest BCUT2D eigenvalue weighted by molar-refractivity contribution is 0.0677. The molecular formula is C8H12N2O3. The summed E-state index contributed by atoms with van der Waals surface area (Å²) < 4.78 is 6.53. The highest BCUT2D eigenvalue weighted by Crippen LogP contribution is 2.06. The Kier molecular flexibility index (Phi) is 3.02. The van der Waals surface area contributed by atoms with Gasteiger partial charge in [-0.2, -0.15) is 0 Å². The third kappa shape index (κ3) is 1.86. The number of imidazole rings is 1. The van der Waals surface area contributed by atoms with Gasteiger partial charge in [0.05, 0.1) is 18.5 Å². The molecular weight excluding hydrogens is 172 g/mol. The molecule has 0 aliphatic heterocycles. The van der Waals surface area contributed by atoms with E-state index >= 15 is 0 Å². The number of ether oxygens (including phenoxy) is 1. The fourth-order valence-corrected chi connectivity index (χ4v) is 1.20. The second kappa shape index (κ2) is 4.04. The number of hydrogen-bond donors (Lipinski definition) is 1. The van der Waals surface area contributed by atoms with Crippen LogP contribution in [0.15, 0.2) is 6.20 Å². The van der Waals surface area contributed by atoms with Crippen molar-refractivity contribution in [3.63, 3.8) is 0 Å². The summed E-state index contributed by atoms with van der Waals surface area (Å²) in [5.74, 6) is -0.946. The number of carboxylic acids is 1. The Hall–Kier alpha value is -1.36. The van der Waals surface area contributed by atoms with Gasteiger partial charge in [-0.05, 0) is 6.92 Å². The summed E-state index contributed by atoms with van der Waals surface area (Å²) in [7, 11) is 1.56. The first-order chi connectivity index (χ1) is 6.20. The summed E-state index contributed by atoms with van der Waals surface area (Å²) in [5.41, 5.74) is 0.780. The molecule has 0 radical (unpaired) electrons. The summed E-state index contributed by atoms with van der Waals surface area (Å²) in [6, 6.07) is 0. The number of methoxy groups -OCH3 is 1. The highest BCUT2D eigenvalue weighted by atomic mass is 16.5. The fraction of sp³-hybridized carbons (Fsp3) is 0.500. The average molecular weight is 184 g/mol. The molecule has 72 valence electrons. The van der Waals surface area contributed by atoms with Gasteiger partial charge in [-0.15, -0.1) is 0 Å². The Morgan fingerprint density at radius 3 is 2.92 bits per heavy atom. The molecule has 0 spiro atoms. The van der Waals surface area contributed by atoms with Crippen LogP contribution in [0.4, 0.5) is 0 Å². The maximum Gasteiger partial charge on any atom is 0.372 e. The van der Waals surface area contributed by atoms with Gasteiger partial charge in [-0.25, -0.2) is 9.78 Å². The number of carbonyl (C=O) groups is 1. The van der Waals surface area contributed by atoms with Crippen LogP contribution in [0.5, 0.6) is 0 Å².